The largest absolute Gasteiger partial charge is 0.492 e. The number of carbonyl (C=O) groups is 1. The van der Waals surface area contributed by atoms with Crippen molar-refractivity contribution in [3.63, 3.8) is 0 Å². The van der Waals surface area contributed by atoms with Crippen molar-refractivity contribution in [3.05, 3.63) is 53.5 Å². The maximum atomic E-state index is 13.0. The zero-order valence-corrected chi connectivity index (χ0v) is 17.0. The van der Waals surface area contributed by atoms with Gasteiger partial charge in [-0.3, -0.25) is 9.69 Å². The molecular weight excluding hydrogens is 370 g/mol. The van der Waals surface area contributed by atoms with Crippen LogP contribution in [0.25, 0.3) is 10.2 Å². The number of fused-ring (bicyclic) bond motifs is 1. The van der Waals surface area contributed by atoms with Crippen LogP contribution in [-0.2, 0) is 4.79 Å². The first-order valence-electron chi connectivity index (χ1n) is 9.81. The molecule has 0 aliphatic carbocycles. The molecule has 28 heavy (non-hydrogen) atoms. The molecule has 146 valence electrons. The van der Waals surface area contributed by atoms with E-state index in [4.69, 9.17) is 9.72 Å². The highest BCUT2D eigenvalue weighted by Crippen LogP contribution is 2.37. The maximum absolute atomic E-state index is 13.0. The number of para-hydroxylation sites is 3. The van der Waals surface area contributed by atoms with Crippen molar-refractivity contribution in [2.75, 3.05) is 18.5 Å². The minimum atomic E-state index is -0.241. The quantitative estimate of drug-likeness (QED) is 0.648. The number of nitrogens with one attached hydrogen (secondary N) is 1. The summed E-state index contributed by atoms with van der Waals surface area (Å²) < 4.78 is 6.83. The van der Waals surface area contributed by atoms with Crippen LogP contribution in [0.1, 0.15) is 37.7 Å². The molecule has 4 rings (SSSR count). The summed E-state index contributed by atoms with van der Waals surface area (Å²) in [5, 5.41) is 4.15. The molecule has 2 aromatic carbocycles. The average Bonchev–Trinajstić information content (AvgIpc) is 3.35. The van der Waals surface area contributed by atoms with E-state index >= 15 is 0 Å². The Labute approximate surface area is 169 Å². The predicted molar refractivity (Wildman–Crippen MR) is 114 cm³/mol. The summed E-state index contributed by atoms with van der Waals surface area (Å²) in [6.45, 7) is 5.38. The first kappa shape index (κ1) is 18.9. The number of aromatic nitrogens is 1. The van der Waals surface area contributed by atoms with E-state index in [1.54, 1.807) is 11.3 Å². The summed E-state index contributed by atoms with van der Waals surface area (Å²) in [7, 11) is 0. The lowest BCUT2D eigenvalue weighted by molar-refractivity contribution is -0.121. The van der Waals surface area contributed by atoms with Crippen LogP contribution >= 0.6 is 11.3 Å². The fourth-order valence-corrected chi connectivity index (χ4v) is 4.91. The Balaban J connectivity index is 1.51. The molecular formula is C22H25N3O2S. The predicted octanol–water partition coefficient (Wildman–Crippen LogP) is 4.86. The van der Waals surface area contributed by atoms with Gasteiger partial charge in [0.1, 0.15) is 10.8 Å². The van der Waals surface area contributed by atoms with Gasteiger partial charge in [-0.2, -0.15) is 0 Å². The lowest BCUT2D eigenvalue weighted by Gasteiger charge is -2.28. The third kappa shape index (κ3) is 3.75. The summed E-state index contributed by atoms with van der Waals surface area (Å²) in [4.78, 5) is 20.1. The van der Waals surface area contributed by atoms with Gasteiger partial charge in [-0.25, -0.2) is 4.98 Å². The molecule has 0 bridgehead atoms. The van der Waals surface area contributed by atoms with Crippen molar-refractivity contribution in [1.29, 1.82) is 0 Å². The van der Waals surface area contributed by atoms with Gasteiger partial charge in [0.25, 0.3) is 0 Å². The number of carbonyl (C=O) groups excluding carboxylic acids is 1. The first-order valence-corrected chi connectivity index (χ1v) is 10.6. The molecule has 0 spiro atoms. The van der Waals surface area contributed by atoms with Crippen molar-refractivity contribution < 1.29 is 9.53 Å². The highest BCUT2D eigenvalue weighted by atomic mass is 32.1. The van der Waals surface area contributed by atoms with Crippen molar-refractivity contribution >= 4 is 33.1 Å². The summed E-state index contributed by atoms with van der Waals surface area (Å²) in [6.07, 6.45) is 2.11. The van der Waals surface area contributed by atoms with Gasteiger partial charge in [-0.15, -0.1) is 11.3 Å². The van der Waals surface area contributed by atoms with Crippen LogP contribution in [0.15, 0.2) is 48.5 Å². The summed E-state index contributed by atoms with van der Waals surface area (Å²) in [5.41, 5.74) is 1.76. The molecule has 3 aromatic rings. The molecule has 2 unspecified atom stereocenters. The number of thiazole rings is 1. The van der Waals surface area contributed by atoms with Crippen LogP contribution in [0.4, 0.5) is 5.69 Å². The van der Waals surface area contributed by atoms with Gasteiger partial charge in [0.15, 0.2) is 0 Å². The number of nitrogens with zero attached hydrogens (tertiary/aromatic N) is 2. The highest BCUT2D eigenvalue weighted by molar-refractivity contribution is 7.18. The van der Waals surface area contributed by atoms with Crippen molar-refractivity contribution in [2.45, 2.75) is 38.8 Å². The molecule has 1 N–H and O–H groups in total. The van der Waals surface area contributed by atoms with Gasteiger partial charge < -0.3 is 10.1 Å². The number of rotatable bonds is 6. The summed E-state index contributed by atoms with van der Waals surface area (Å²) in [5.74, 6) is 0.690. The molecule has 5 nitrogen and oxygen atoms in total. The molecule has 1 fully saturated rings. The van der Waals surface area contributed by atoms with Gasteiger partial charge in [-0.1, -0.05) is 24.3 Å². The topological polar surface area (TPSA) is 54.5 Å². The van der Waals surface area contributed by atoms with E-state index in [0.29, 0.717) is 12.4 Å². The third-order valence-corrected chi connectivity index (χ3v) is 6.35. The minimum absolute atomic E-state index is 0.0137. The highest BCUT2D eigenvalue weighted by Gasteiger charge is 2.35. The average molecular weight is 396 g/mol. The fraction of sp³-hybridized carbons (Fsp3) is 0.364. The second kappa shape index (κ2) is 8.29. The second-order valence-electron chi connectivity index (χ2n) is 7.01. The van der Waals surface area contributed by atoms with Crippen LogP contribution in [0.3, 0.4) is 0 Å². The molecule has 0 radical (unpaired) electrons. The Morgan fingerprint density at radius 2 is 2.07 bits per heavy atom. The number of amides is 1. The van der Waals surface area contributed by atoms with Gasteiger partial charge in [0, 0.05) is 0 Å². The molecule has 1 aromatic heterocycles. The minimum Gasteiger partial charge on any atom is -0.492 e. The molecule has 1 saturated heterocycles. The number of hydrogen-bond donors (Lipinski definition) is 1. The normalized spacial score (nSPS) is 18.3. The zero-order valence-electron chi connectivity index (χ0n) is 16.2. The Bertz CT molecular complexity index is 938. The lowest BCUT2D eigenvalue weighted by Crippen LogP contribution is -2.41. The van der Waals surface area contributed by atoms with Crippen LogP contribution in [0.2, 0.25) is 0 Å². The first-order chi connectivity index (χ1) is 13.7. The molecule has 0 saturated carbocycles. The van der Waals surface area contributed by atoms with E-state index in [1.807, 2.05) is 50.2 Å². The zero-order chi connectivity index (χ0) is 19.5. The van der Waals surface area contributed by atoms with E-state index in [0.717, 1.165) is 35.6 Å². The van der Waals surface area contributed by atoms with E-state index in [-0.39, 0.29) is 18.0 Å². The van der Waals surface area contributed by atoms with E-state index in [2.05, 4.69) is 22.3 Å². The molecule has 1 aliphatic heterocycles. The Morgan fingerprint density at radius 3 is 2.89 bits per heavy atom. The SMILES string of the molecule is CCOc1ccccc1NC(=O)C(C)N1CCCC1c1nc2ccccc2s1. The van der Waals surface area contributed by atoms with E-state index in [9.17, 15) is 4.79 Å². The monoisotopic (exact) mass is 395 g/mol. The Morgan fingerprint density at radius 1 is 1.29 bits per heavy atom. The van der Waals surface area contributed by atoms with Crippen molar-refractivity contribution in [1.82, 2.24) is 9.88 Å². The summed E-state index contributed by atoms with van der Waals surface area (Å²) in [6, 6.07) is 15.7. The molecule has 2 atom stereocenters. The van der Waals surface area contributed by atoms with Gasteiger partial charge in [-0.05, 0) is 57.5 Å². The van der Waals surface area contributed by atoms with Gasteiger partial charge in [0.2, 0.25) is 5.91 Å². The number of anilines is 1. The van der Waals surface area contributed by atoms with Crippen molar-refractivity contribution in [2.24, 2.45) is 0 Å². The number of benzene rings is 2. The van der Waals surface area contributed by atoms with Crippen LogP contribution in [0, 0.1) is 0 Å². The number of likely N-dealkylation sites (tertiary alicyclic amines) is 1. The van der Waals surface area contributed by atoms with Crippen LogP contribution in [-0.4, -0.2) is 35.0 Å². The maximum Gasteiger partial charge on any atom is 0.241 e. The molecule has 1 amide bonds. The smallest absolute Gasteiger partial charge is 0.241 e. The fourth-order valence-electron chi connectivity index (χ4n) is 3.79. The van der Waals surface area contributed by atoms with Gasteiger partial charge >= 0.3 is 0 Å². The van der Waals surface area contributed by atoms with E-state index < -0.39 is 0 Å². The van der Waals surface area contributed by atoms with Crippen LogP contribution < -0.4 is 10.1 Å². The molecule has 1 aliphatic rings. The van der Waals surface area contributed by atoms with Crippen molar-refractivity contribution in [3.8, 4) is 5.75 Å². The number of ether oxygens (including phenoxy) is 1. The molecule has 2 heterocycles. The molecule has 6 heteroatoms. The lowest BCUT2D eigenvalue weighted by atomic mass is 10.2. The second-order valence-corrected chi connectivity index (χ2v) is 8.07. The summed E-state index contributed by atoms with van der Waals surface area (Å²) >= 11 is 1.74. The standard InChI is InChI=1S/C22H25N3O2S/c1-3-27-19-12-6-4-9-16(19)23-21(26)15(2)25-14-8-11-18(25)22-24-17-10-5-7-13-20(17)28-22/h4-7,9-10,12-13,15,18H,3,8,11,14H2,1-2H3,(H,23,26). The Hall–Kier alpha value is -2.44. The van der Waals surface area contributed by atoms with Gasteiger partial charge in [0.05, 0.1) is 34.6 Å². The third-order valence-electron chi connectivity index (χ3n) is 5.21. The van der Waals surface area contributed by atoms with Crippen LogP contribution in [0.5, 0.6) is 5.75 Å². The number of hydrogen-bond acceptors (Lipinski definition) is 5. The Kier molecular flexibility index (Phi) is 5.59. The van der Waals surface area contributed by atoms with E-state index in [1.165, 1.54) is 4.70 Å².